The van der Waals surface area contributed by atoms with Crippen molar-refractivity contribution in [2.75, 3.05) is 7.11 Å². The summed E-state index contributed by atoms with van der Waals surface area (Å²) in [4.78, 5) is 11.7. The van der Waals surface area contributed by atoms with Crippen LogP contribution in [0, 0.1) is 13.8 Å². The number of rotatable bonds is 3. The molecule has 0 radical (unpaired) electrons. The van der Waals surface area contributed by atoms with Crippen molar-refractivity contribution in [1.29, 1.82) is 0 Å². The SMILES string of the molecule is COC(=O)c1c(C[C@@H](C)N)c(C)n(C)c1C. The molecule has 0 aliphatic carbocycles. The van der Waals surface area contributed by atoms with Gasteiger partial charge in [-0.05, 0) is 32.8 Å². The minimum atomic E-state index is -0.281. The lowest BCUT2D eigenvalue weighted by Gasteiger charge is -2.07. The van der Waals surface area contributed by atoms with E-state index < -0.39 is 0 Å². The molecule has 0 aromatic carbocycles. The van der Waals surface area contributed by atoms with Crippen LogP contribution in [0.5, 0.6) is 0 Å². The van der Waals surface area contributed by atoms with Crippen LogP contribution in [-0.2, 0) is 18.2 Å². The lowest BCUT2D eigenvalue weighted by Crippen LogP contribution is -2.20. The van der Waals surface area contributed by atoms with Crippen molar-refractivity contribution in [2.45, 2.75) is 33.2 Å². The summed E-state index contributed by atoms with van der Waals surface area (Å²) >= 11 is 0. The lowest BCUT2D eigenvalue weighted by atomic mass is 10.0. The average Bonchev–Trinajstić information content (AvgIpc) is 2.42. The molecule has 0 unspecified atom stereocenters. The summed E-state index contributed by atoms with van der Waals surface area (Å²) in [5.41, 5.74) is 9.48. The summed E-state index contributed by atoms with van der Waals surface area (Å²) in [7, 11) is 3.35. The number of aromatic nitrogens is 1. The van der Waals surface area contributed by atoms with Crippen LogP contribution in [0.1, 0.15) is 34.2 Å². The van der Waals surface area contributed by atoms with E-state index in [1.54, 1.807) is 0 Å². The van der Waals surface area contributed by atoms with Crippen molar-refractivity contribution in [3.8, 4) is 0 Å². The first-order chi connectivity index (χ1) is 7.40. The molecule has 16 heavy (non-hydrogen) atoms. The molecular weight excluding hydrogens is 204 g/mol. The fourth-order valence-electron chi connectivity index (χ4n) is 1.97. The molecule has 0 saturated heterocycles. The molecule has 1 atom stereocenters. The van der Waals surface area contributed by atoms with Crippen LogP contribution < -0.4 is 5.73 Å². The molecule has 4 heteroatoms. The van der Waals surface area contributed by atoms with E-state index in [2.05, 4.69) is 0 Å². The predicted molar refractivity (Wildman–Crippen MR) is 63.6 cm³/mol. The van der Waals surface area contributed by atoms with E-state index in [4.69, 9.17) is 10.5 Å². The summed E-state index contributed by atoms with van der Waals surface area (Å²) in [6.07, 6.45) is 0.692. The maximum absolute atomic E-state index is 11.7. The standard InChI is InChI=1S/C12H20N2O2/c1-7(13)6-10-8(2)14(4)9(3)11(10)12(15)16-5/h7H,6,13H2,1-5H3/t7-/m1/s1. The highest BCUT2D eigenvalue weighted by molar-refractivity contribution is 5.93. The van der Waals surface area contributed by atoms with E-state index in [0.717, 1.165) is 17.0 Å². The number of nitrogens with two attached hydrogens (primary N) is 1. The highest BCUT2D eigenvalue weighted by Gasteiger charge is 2.22. The molecule has 0 aliphatic rings. The van der Waals surface area contributed by atoms with Gasteiger partial charge in [0.25, 0.3) is 0 Å². The molecule has 0 fully saturated rings. The summed E-state index contributed by atoms with van der Waals surface area (Å²) in [6.45, 7) is 5.85. The number of carbonyl (C=O) groups is 1. The normalized spacial score (nSPS) is 12.6. The van der Waals surface area contributed by atoms with Crippen LogP contribution in [-0.4, -0.2) is 23.7 Å². The smallest absolute Gasteiger partial charge is 0.339 e. The Bertz CT molecular complexity index is 406. The van der Waals surface area contributed by atoms with Crippen molar-refractivity contribution < 1.29 is 9.53 Å². The van der Waals surface area contributed by atoms with Crippen molar-refractivity contribution in [1.82, 2.24) is 4.57 Å². The zero-order valence-electron chi connectivity index (χ0n) is 10.6. The van der Waals surface area contributed by atoms with Crippen molar-refractivity contribution in [3.05, 3.63) is 22.5 Å². The Morgan fingerprint density at radius 3 is 2.44 bits per heavy atom. The van der Waals surface area contributed by atoms with Crippen LogP contribution >= 0.6 is 0 Å². The topological polar surface area (TPSA) is 57.2 Å². The summed E-state index contributed by atoms with van der Waals surface area (Å²) < 4.78 is 6.82. The second-order valence-electron chi connectivity index (χ2n) is 4.26. The monoisotopic (exact) mass is 224 g/mol. The zero-order valence-corrected chi connectivity index (χ0v) is 10.6. The van der Waals surface area contributed by atoms with E-state index in [1.807, 2.05) is 32.4 Å². The predicted octanol–water partition coefficient (Wildman–Crippen LogP) is 1.32. The number of nitrogens with zero attached hydrogens (tertiary/aromatic N) is 1. The van der Waals surface area contributed by atoms with Gasteiger partial charge in [-0.25, -0.2) is 4.79 Å². The quantitative estimate of drug-likeness (QED) is 0.788. The first-order valence-electron chi connectivity index (χ1n) is 5.38. The molecule has 2 N–H and O–H groups in total. The molecule has 0 spiro atoms. The van der Waals surface area contributed by atoms with Crippen LogP contribution in [0.3, 0.4) is 0 Å². The summed E-state index contributed by atoms with van der Waals surface area (Å²) in [5.74, 6) is -0.281. The Morgan fingerprint density at radius 1 is 1.44 bits per heavy atom. The van der Waals surface area contributed by atoms with Crippen molar-refractivity contribution in [3.63, 3.8) is 0 Å². The van der Waals surface area contributed by atoms with Gasteiger partial charge in [-0.1, -0.05) is 0 Å². The van der Waals surface area contributed by atoms with Gasteiger partial charge < -0.3 is 15.0 Å². The number of hydrogen-bond acceptors (Lipinski definition) is 3. The molecule has 0 bridgehead atoms. The summed E-state index contributed by atoms with van der Waals surface area (Å²) in [6, 6.07) is 0.0314. The van der Waals surface area contributed by atoms with E-state index in [9.17, 15) is 4.79 Å². The number of esters is 1. The molecule has 90 valence electrons. The zero-order chi connectivity index (χ0) is 12.5. The van der Waals surface area contributed by atoms with Crippen LogP contribution in [0.2, 0.25) is 0 Å². The van der Waals surface area contributed by atoms with E-state index >= 15 is 0 Å². The Labute approximate surface area is 96.4 Å². The molecule has 0 amide bonds. The fraction of sp³-hybridized carbons (Fsp3) is 0.583. The third-order valence-electron chi connectivity index (χ3n) is 3.02. The molecule has 4 nitrogen and oxygen atoms in total. The van der Waals surface area contributed by atoms with Crippen LogP contribution in [0.15, 0.2) is 0 Å². The van der Waals surface area contributed by atoms with Crippen molar-refractivity contribution >= 4 is 5.97 Å². The number of methoxy groups -OCH3 is 1. The molecular formula is C12H20N2O2. The number of hydrogen-bond donors (Lipinski definition) is 1. The maximum Gasteiger partial charge on any atom is 0.339 e. The van der Waals surface area contributed by atoms with Gasteiger partial charge in [0.15, 0.2) is 0 Å². The molecule has 0 aliphatic heterocycles. The van der Waals surface area contributed by atoms with Gasteiger partial charge in [0.1, 0.15) is 0 Å². The van der Waals surface area contributed by atoms with Gasteiger partial charge in [-0.15, -0.1) is 0 Å². The Balaban J connectivity index is 3.33. The van der Waals surface area contributed by atoms with Gasteiger partial charge in [0.05, 0.1) is 12.7 Å². The Hall–Kier alpha value is -1.29. The number of ether oxygens (including phenoxy) is 1. The van der Waals surface area contributed by atoms with Crippen molar-refractivity contribution in [2.24, 2.45) is 12.8 Å². The van der Waals surface area contributed by atoms with E-state index in [-0.39, 0.29) is 12.0 Å². The highest BCUT2D eigenvalue weighted by Crippen LogP contribution is 2.23. The largest absolute Gasteiger partial charge is 0.465 e. The third kappa shape index (κ3) is 2.11. The minimum absolute atomic E-state index is 0.0314. The lowest BCUT2D eigenvalue weighted by molar-refractivity contribution is 0.0598. The number of carbonyl (C=O) groups excluding carboxylic acids is 1. The highest BCUT2D eigenvalue weighted by atomic mass is 16.5. The van der Waals surface area contributed by atoms with Crippen LogP contribution in [0.4, 0.5) is 0 Å². The summed E-state index contributed by atoms with van der Waals surface area (Å²) in [5, 5.41) is 0. The second kappa shape index (κ2) is 4.70. The molecule has 1 rings (SSSR count). The van der Waals surface area contributed by atoms with Crippen LogP contribution in [0.25, 0.3) is 0 Å². The molecule has 0 saturated carbocycles. The second-order valence-corrected chi connectivity index (χ2v) is 4.26. The molecule has 1 heterocycles. The van der Waals surface area contributed by atoms with Gasteiger partial charge in [0, 0.05) is 24.5 Å². The Kier molecular flexibility index (Phi) is 3.75. The van der Waals surface area contributed by atoms with Gasteiger partial charge in [0.2, 0.25) is 0 Å². The first-order valence-corrected chi connectivity index (χ1v) is 5.38. The average molecular weight is 224 g/mol. The van der Waals surface area contributed by atoms with E-state index in [1.165, 1.54) is 7.11 Å². The fourth-order valence-corrected chi connectivity index (χ4v) is 1.97. The van der Waals surface area contributed by atoms with Gasteiger partial charge in [-0.3, -0.25) is 0 Å². The molecule has 1 aromatic rings. The minimum Gasteiger partial charge on any atom is -0.465 e. The van der Waals surface area contributed by atoms with E-state index in [0.29, 0.717) is 12.0 Å². The third-order valence-corrected chi connectivity index (χ3v) is 3.02. The Morgan fingerprint density at radius 2 is 2.00 bits per heavy atom. The first kappa shape index (κ1) is 12.8. The molecule has 1 aromatic heterocycles. The van der Waals surface area contributed by atoms with Gasteiger partial charge in [-0.2, -0.15) is 0 Å². The maximum atomic E-state index is 11.7. The van der Waals surface area contributed by atoms with Gasteiger partial charge >= 0.3 is 5.97 Å².